The maximum atomic E-state index is 8.69. The Hall–Kier alpha value is -2.98. The highest BCUT2D eigenvalue weighted by atomic mass is 15.1. The summed E-state index contributed by atoms with van der Waals surface area (Å²) >= 11 is 0. The van der Waals surface area contributed by atoms with E-state index in [1.165, 1.54) is 0 Å². The van der Waals surface area contributed by atoms with Gasteiger partial charge in [-0.25, -0.2) is 0 Å². The first-order valence-corrected chi connectivity index (χ1v) is 5.80. The van der Waals surface area contributed by atoms with E-state index >= 15 is 0 Å². The van der Waals surface area contributed by atoms with E-state index in [9.17, 15) is 0 Å². The molecule has 0 aliphatic heterocycles. The predicted octanol–water partition coefficient (Wildman–Crippen LogP) is 2.91. The molecule has 2 N–H and O–H groups in total. The van der Waals surface area contributed by atoms with E-state index in [1.54, 1.807) is 24.3 Å². The quantitative estimate of drug-likeness (QED) is 0.816. The molecule has 4 nitrogen and oxygen atoms in total. The third-order valence-corrected chi connectivity index (χ3v) is 2.61. The summed E-state index contributed by atoms with van der Waals surface area (Å²) in [5.41, 5.74) is 3.18. The Morgan fingerprint density at radius 1 is 0.684 bits per heavy atom. The van der Waals surface area contributed by atoms with Gasteiger partial charge in [-0.1, -0.05) is 0 Å². The van der Waals surface area contributed by atoms with Crippen molar-refractivity contribution >= 4 is 11.4 Å². The highest BCUT2D eigenvalue weighted by Crippen LogP contribution is 2.10. The van der Waals surface area contributed by atoms with E-state index in [2.05, 4.69) is 22.8 Å². The molecule has 0 spiro atoms. The van der Waals surface area contributed by atoms with Crippen LogP contribution in [-0.2, 0) is 0 Å². The second-order valence-corrected chi connectivity index (χ2v) is 3.91. The smallest absolute Gasteiger partial charge is 0.0991 e. The highest BCUT2D eigenvalue weighted by Gasteiger charge is 1.94. The molecule has 0 heterocycles. The SMILES string of the molecule is N#Cc1ccc(NCNc2ccc(C#N)cc2)cc1. The van der Waals surface area contributed by atoms with E-state index in [-0.39, 0.29) is 0 Å². The van der Waals surface area contributed by atoms with Crippen LogP contribution in [0.2, 0.25) is 0 Å². The summed E-state index contributed by atoms with van der Waals surface area (Å²) in [6.45, 7) is 0.567. The summed E-state index contributed by atoms with van der Waals surface area (Å²) < 4.78 is 0. The van der Waals surface area contributed by atoms with Gasteiger partial charge in [0, 0.05) is 11.4 Å². The lowest BCUT2D eigenvalue weighted by Gasteiger charge is -2.09. The van der Waals surface area contributed by atoms with Gasteiger partial charge >= 0.3 is 0 Å². The third-order valence-electron chi connectivity index (χ3n) is 2.61. The monoisotopic (exact) mass is 248 g/mol. The van der Waals surface area contributed by atoms with Crippen molar-refractivity contribution in [3.05, 3.63) is 59.7 Å². The van der Waals surface area contributed by atoms with Crippen molar-refractivity contribution in [2.24, 2.45) is 0 Å². The molecule has 2 aromatic carbocycles. The molecule has 0 fully saturated rings. The fourth-order valence-electron chi connectivity index (χ4n) is 1.57. The molecule has 2 aromatic rings. The van der Waals surface area contributed by atoms with Crippen molar-refractivity contribution in [2.75, 3.05) is 17.3 Å². The molecule has 0 saturated heterocycles. The van der Waals surface area contributed by atoms with Gasteiger partial charge < -0.3 is 10.6 Å². The standard InChI is InChI=1S/C15H12N4/c16-9-12-1-5-14(6-2-12)18-11-19-15-7-3-13(10-17)4-8-15/h1-8,18-19H,11H2. The number of hydrogen-bond acceptors (Lipinski definition) is 4. The lowest BCUT2D eigenvalue weighted by Crippen LogP contribution is -2.11. The minimum atomic E-state index is 0.567. The normalized spacial score (nSPS) is 9.16. The third kappa shape index (κ3) is 3.49. The van der Waals surface area contributed by atoms with Gasteiger partial charge in [-0.15, -0.1) is 0 Å². The van der Waals surface area contributed by atoms with Crippen molar-refractivity contribution < 1.29 is 0 Å². The molecule has 0 atom stereocenters. The Kier molecular flexibility index (Phi) is 4.00. The van der Waals surface area contributed by atoms with Crippen molar-refractivity contribution in [3.8, 4) is 12.1 Å². The molecule has 92 valence electrons. The van der Waals surface area contributed by atoms with E-state index < -0.39 is 0 Å². The second kappa shape index (κ2) is 6.09. The zero-order valence-corrected chi connectivity index (χ0v) is 10.2. The molecule has 2 rings (SSSR count). The van der Waals surface area contributed by atoms with Gasteiger partial charge in [0.1, 0.15) is 0 Å². The van der Waals surface area contributed by atoms with Gasteiger partial charge in [-0.3, -0.25) is 0 Å². The van der Waals surface area contributed by atoms with Gasteiger partial charge in [0.25, 0.3) is 0 Å². The fraction of sp³-hybridized carbons (Fsp3) is 0.0667. The lowest BCUT2D eigenvalue weighted by atomic mass is 10.2. The Morgan fingerprint density at radius 2 is 1.05 bits per heavy atom. The largest absolute Gasteiger partial charge is 0.368 e. The van der Waals surface area contributed by atoms with Crippen LogP contribution < -0.4 is 10.6 Å². The summed E-state index contributed by atoms with van der Waals surface area (Å²) in [6, 6.07) is 18.7. The van der Waals surface area contributed by atoms with Crippen molar-refractivity contribution in [1.29, 1.82) is 10.5 Å². The van der Waals surface area contributed by atoms with Crippen molar-refractivity contribution in [2.45, 2.75) is 0 Å². The van der Waals surface area contributed by atoms with Crippen LogP contribution in [0.1, 0.15) is 11.1 Å². The number of nitrogens with zero attached hydrogens (tertiary/aromatic N) is 2. The van der Waals surface area contributed by atoms with Gasteiger partial charge in [-0.05, 0) is 48.5 Å². The van der Waals surface area contributed by atoms with Crippen LogP contribution >= 0.6 is 0 Å². The Morgan fingerprint density at radius 3 is 1.37 bits per heavy atom. The topological polar surface area (TPSA) is 71.6 Å². The molecule has 0 bridgehead atoms. The Labute approximate surface area is 111 Å². The first-order chi connectivity index (χ1) is 9.31. The van der Waals surface area contributed by atoms with Crippen molar-refractivity contribution in [1.82, 2.24) is 0 Å². The number of nitriles is 2. The fourth-order valence-corrected chi connectivity index (χ4v) is 1.57. The van der Waals surface area contributed by atoms with Crippen LogP contribution in [0.5, 0.6) is 0 Å². The van der Waals surface area contributed by atoms with Gasteiger partial charge in [0.15, 0.2) is 0 Å². The molecule has 0 radical (unpaired) electrons. The van der Waals surface area contributed by atoms with Gasteiger partial charge in [0.05, 0.1) is 29.9 Å². The average Bonchev–Trinajstić information content (AvgIpc) is 2.49. The molecular weight excluding hydrogens is 236 g/mol. The minimum absolute atomic E-state index is 0.567. The Bertz CT molecular complexity index is 558. The maximum absolute atomic E-state index is 8.69. The van der Waals surface area contributed by atoms with Crippen LogP contribution in [0.25, 0.3) is 0 Å². The summed E-state index contributed by atoms with van der Waals surface area (Å²) in [4.78, 5) is 0. The van der Waals surface area contributed by atoms with Gasteiger partial charge in [0.2, 0.25) is 0 Å². The van der Waals surface area contributed by atoms with Crippen LogP contribution in [0.3, 0.4) is 0 Å². The van der Waals surface area contributed by atoms with Gasteiger partial charge in [-0.2, -0.15) is 10.5 Å². The number of anilines is 2. The molecule has 0 unspecified atom stereocenters. The van der Waals surface area contributed by atoms with E-state index in [1.807, 2.05) is 24.3 Å². The highest BCUT2D eigenvalue weighted by molar-refractivity contribution is 5.50. The molecule has 0 aromatic heterocycles. The van der Waals surface area contributed by atoms with Crippen molar-refractivity contribution in [3.63, 3.8) is 0 Å². The van der Waals surface area contributed by atoms with Crippen LogP contribution in [0, 0.1) is 22.7 Å². The van der Waals surface area contributed by atoms with E-state index in [0.717, 1.165) is 11.4 Å². The number of hydrogen-bond donors (Lipinski definition) is 2. The van der Waals surface area contributed by atoms with E-state index in [4.69, 9.17) is 10.5 Å². The minimum Gasteiger partial charge on any atom is -0.368 e. The summed E-state index contributed by atoms with van der Waals surface area (Å²) in [7, 11) is 0. The lowest BCUT2D eigenvalue weighted by molar-refractivity contribution is 1.21. The molecule has 19 heavy (non-hydrogen) atoms. The number of benzene rings is 2. The molecule has 4 heteroatoms. The summed E-state index contributed by atoms with van der Waals surface area (Å²) in [6.07, 6.45) is 0. The number of rotatable bonds is 4. The summed E-state index contributed by atoms with van der Waals surface area (Å²) in [5, 5.41) is 23.8. The predicted molar refractivity (Wildman–Crippen MR) is 74.4 cm³/mol. The molecule has 0 aliphatic rings. The zero-order chi connectivity index (χ0) is 13.5. The zero-order valence-electron chi connectivity index (χ0n) is 10.2. The Balaban J connectivity index is 1.85. The molecule has 0 amide bonds. The van der Waals surface area contributed by atoms with E-state index in [0.29, 0.717) is 17.8 Å². The average molecular weight is 248 g/mol. The molecule has 0 saturated carbocycles. The molecular formula is C15H12N4. The first kappa shape index (κ1) is 12.5. The molecule has 0 aliphatic carbocycles. The first-order valence-electron chi connectivity index (χ1n) is 5.80. The van der Waals surface area contributed by atoms with Crippen LogP contribution in [0.4, 0.5) is 11.4 Å². The maximum Gasteiger partial charge on any atom is 0.0991 e. The second-order valence-electron chi connectivity index (χ2n) is 3.91. The van der Waals surface area contributed by atoms with Crippen LogP contribution in [0.15, 0.2) is 48.5 Å². The van der Waals surface area contributed by atoms with Crippen LogP contribution in [-0.4, -0.2) is 6.67 Å². The summed E-state index contributed by atoms with van der Waals surface area (Å²) in [5.74, 6) is 0. The number of nitrogens with one attached hydrogen (secondary N) is 2.